The summed E-state index contributed by atoms with van der Waals surface area (Å²) in [5, 5.41) is 9.92. The number of hydrogen-bond donors (Lipinski definition) is 1. The molecule has 1 aliphatic heterocycles. The van der Waals surface area contributed by atoms with E-state index in [0.29, 0.717) is 12.4 Å². The van der Waals surface area contributed by atoms with Crippen LogP contribution >= 0.6 is 0 Å². The average molecular weight is 308 g/mol. The lowest BCUT2D eigenvalue weighted by atomic mass is 10.3. The highest BCUT2D eigenvalue weighted by atomic mass is 16.5. The number of amides is 3. The SMILES string of the molecule is CCOc1ccc(OC[C@H](O)CN2C(=O)CN(C)C2=O)cc1. The van der Waals surface area contributed by atoms with Gasteiger partial charge in [-0.05, 0) is 31.2 Å². The first kappa shape index (κ1) is 16.1. The maximum Gasteiger partial charge on any atom is 0.327 e. The predicted molar refractivity (Wildman–Crippen MR) is 78.9 cm³/mol. The maximum atomic E-state index is 11.7. The van der Waals surface area contributed by atoms with Gasteiger partial charge in [0.05, 0.1) is 13.2 Å². The van der Waals surface area contributed by atoms with E-state index in [1.54, 1.807) is 31.3 Å². The van der Waals surface area contributed by atoms with E-state index in [1.165, 1.54) is 4.90 Å². The third-order valence-corrected chi connectivity index (χ3v) is 3.20. The van der Waals surface area contributed by atoms with Crippen LogP contribution in [0.4, 0.5) is 4.79 Å². The number of carbonyl (C=O) groups is 2. The van der Waals surface area contributed by atoms with Gasteiger partial charge in [0.15, 0.2) is 0 Å². The molecule has 1 aliphatic rings. The molecule has 1 aromatic rings. The van der Waals surface area contributed by atoms with Crippen molar-refractivity contribution < 1.29 is 24.2 Å². The Bertz CT molecular complexity index is 531. The van der Waals surface area contributed by atoms with Crippen molar-refractivity contribution >= 4 is 11.9 Å². The molecule has 3 amide bonds. The predicted octanol–water partition coefficient (Wildman–Crippen LogP) is 0.719. The molecule has 7 nitrogen and oxygen atoms in total. The number of hydrogen-bond acceptors (Lipinski definition) is 5. The van der Waals surface area contributed by atoms with Gasteiger partial charge in [0.2, 0.25) is 5.91 Å². The minimum Gasteiger partial charge on any atom is -0.494 e. The highest BCUT2D eigenvalue weighted by molar-refractivity contribution is 6.01. The van der Waals surface area contributed by atoms with Crippen LogP contribution in [0, 0.1) is 0 Å². The highest BCUT2D eigenvalue weighted by Gasteiger charge is 2.34. The number of nitrogens with zero attached hydrogens (tertiary/aromatic N) is 2. The number of benzene rings is 1. The molecule has 0 radical (unpaired) electrons. The third kappa shape index (κ3) is 3.88. The Balaban J connectivity index is 1.81. The lowest BCUT2D eigenvalue weighted by Gasteiger charge is -2.18. The van der Waals surface area contributed by atoms with E-state index in [9.17, 15) is 14.7 Å². The van der Waals surface area contributed by atoms with E-state index in [-0.39, 0.29) is 25.6 Å². The number of rotatable bonds is 7. The van der Waals surface area contributed by atoms with Crippen molar-refractivity contribution in [2.75, 3.05) is 33.4 Å². The van der Waals surface area contributed by atoms with Gasteiger partial charge in [0.1, 0.15) is 30.8 Å². The summed E-state index contributed by atoms with van der Waals surface area (Å²) in [5.74, 6) is 1.01. The Hall–Kier alpha value is -2.28. The molecule has 0 bridgehead atoms. The van der Waals surface area contributed by atoms with E-state index < -0.39 is 12.1 Å². The van der Waals surface area contributed by atoms with Crippen LogP contribution in [-0.2, 0) is 4.79 Å². The molecule has 0 aliphatic carbocycles. The summed E-state index contributed by atoms with van der Waals surface area (Å²) in [7, 11) is 1.54. The number of aliphatic hydroxyl groups excluding tert-OH is 1. The van der Waals surface area contributed by atoms with Gasteiger partial charge in [-0.25, -0.2) is 4.79 Å². The van der Waals surface area contributed by atoms with E-state index >= 15 is 0 Å². The van der Waals surface area contributed by atoms with Gasteiger partial charge in [0, 0.05) is 7.05 Å². The number of likely N-dealkylation sites (N-methyl/N-ethyl adjacent to an activating group) is 1. The standard InChI is InChI=1S/C15H20N2O5/c1-3-21-12-4-6-13(7-5-12)22-10-11(18)8-17-14(19)9-16(2)15(17)20/h4-7,11,18H,3,8-10H2,1-2H3/t11-/m1/s1. The van der Waals surface area contributed by atoms with Crippen molar-refractivity contribution in [3.05, 3.63) is 24.3 Å². The third-order valence-electron chi connectivity index (χ3n) is 3.20. The Morgan fingerprint density at radius 3 is 2.27 bits per heavy atom. The number of β-amino-alcohol motifs (C(OH)–C–C–N with tert-alkyl or cyclic N) is 1. The van der Waals surface area contributed by atoms with Crippen molar-refractivity contribution in [1.82, 2.24) is 9.80 Å². The Morgan fingerprint density at radius 2 is 1.77 bits per heavy atom. The number of carbonyl (C=O) groups excluding carboxylic acids is 2. The van der Waals surface area contributed by atoms with E-state index in [0.717, 1.165) is 10.6 Å². The van der Waals surface area contributed by atoms with Gasteiger partial charge >= 0.3 is 6.03 Å². The summed E-state index contributed by atoms with van der Waals surface area (Å²) in [6, 6.07) is 6.61. The first-order chi connectivity index (χ1) is 10.5. The first-order valence-electron chi connectivity index (χ1n) is 7.10. The Kier molecular flexibility index (Phi) is 5.21. The van der Waals surface area contributed by atoms with Crippen LogP contribution in [0.15, 0.2) is 24.3 Å². The van der Waals surface area contributed by atoms with E-state index in [2.05, 4.69) is 0 Å². The molecule has 0 saturated carbocycles. The summed E-state index contributed by atoms with van der Waals surface area (Å²) in [6.07, 6.45) is -0.939. The number of ether oxygens (including phenoxy) is 2. The maximum absolute atomic E-state index is 11.7. The summed E-state index contributed by atoms with van der Waals surface area (Å²) < 4.78 is 10.8. The van der Waals surface area contributed by atoms with Gasteiger partial charge in [-0.15, -0.1) is 0 Å². The molecular weight excluding hydrogens is 288 g/mol. The molecule has 120 valence electrons. The van der Waals surface area contributed by atoms with Gasteiger partial charge in [-0.3, -0.25) is 9.69 Å². The highest BCUT2D eigenvalue weighted by Crippen LogP contribution is 2.18. The van der Waals surface area contributed by atoms with Crippen LogP contribution in [0.25, 0.3) is 0 Å². The molecule has 0 spiro atoms. The fraction of sp³-hybridized carbons (Fsp3) is 0.467. The van der Waals surface area contributed by atoms with Crippen molar-refractivity contribution in [3.63, 3.8) is 0 Å². The zero-order valence-electron chi connectivity index (χ0n) is 12.7. The molecular formula is C15H20N2O5. The molecule has 1 heterocycles. The largest absolute Gasteiger partial charge is 0.494 e. The van der Waals surface area contributed by atoms with E-state index in [1.807, 2.05) is 6.92 Å². The smallest absolute Gasteiger partial charge is 0.327 e. The second kappa shape index (κ2) is 7.13. The summed E-state index contributed by atoms with van der Waals surface area (Å²) in [4.78, 5) is 25.6. The van der Waals surface area contributed by atoms with Crippen LogP contribution < -0.4 is 9.47 Å². The quantitative estimate of drug-likeness (QED) is 0.751. The summed E-state index contributed by atoms with van der Waals surface area (Å²) >= 11 is 0. The van der Waals surface area contributed by atoms with Crippen molar-refractivity contribution in [2.45, 2.75) is 13.0 Å². The van der Waals surface area contributed by atoms with E-state index in [4.69, 9.17) is 9.47 Å². The van der Waals surface area contributed by atoms with Crippen LogP contribution in [0.1, 0.15) is 6.92 Å². The summed E-state index contributed by atoms with van der Waals surface area (Å²) in [6.45, 7) is 2.46. The van der Waals surface area contributed by atoms with Crippen LogP contribution in [0.3, 0.4) is 0 Å². The molecule has 0 unspecified atom stereocenters. The van der Waals surface area contributed by atoms with Gasteiger partial charge < -0.3 is 19.5 Å². The van der Waals surface area contributed by atoms with Gasteiger partial charge in [-0.2, -0.15) is 0 Å². The Labute approximate surface area is 129 Å². The summed E-state index contributed by atoms with van der Waals surface area (Å²) in [5.41, 5.74) is 0. The molecule has 7 heteroatoms. The number of aliphatic hydroxyl groups is 1. The van der Waals surface area contributed by atoms with Crippen LogP contribution in [0.2, 0.25) is 0 Å². The minimum absolute atomic E-state index is 0.00520. The Morgan fingerprint density at radius 1 is 1.18 bits per heavy atom. The van der Waals surface area contributed by atoms with Crippen molar-refractivity contribution in [3.8, 4) is 11.5 Å². The zero-order chi connectivity index (χ0) is 16.1. The fourth-order valence-electron chi connectivity index (χ4n) is 2.10. The number of urea groups is 1. The molecule has 22 heavy (non-hydrogen) atoms. The topological polar surface area (TPSA) is 79.3 Å². The van der Waals surface area contributed by atoms with Gasteiger partial charge in [0.25, 0.3) is 0 Å². The first-order valence-corrected chi connectivity index (χ1v) is 7.10. The fourth-order valence-corrected chi connectivity index (χ4v) is 2.10. The lowest BCUT2D eigenvalue weighted by molar-refractivity contribution is -0.126. The average Bonchev–Trinajstić information content (AvgIpc) is 2.73. The van der Waals surface area contributed by atoms with Crippen LogP contribution in [-0.4, -0.2) is 66.3 Å². The molecule has 1 N–H and O–H groups in total. The zero-order valence-corrected chi connectivity index (χ0v) is 12.7. The van der Waals surface area contributed by atoms with Gasteiger partial charge in [-0.1, -0.05) is 0 Å². The van der Waals surface area contributed by atoms with Crippen LogP contribution in [0.5, 0.6) is 11.5 Å². The molecule has 1 fully saturated rings. The molecule has 1 aromatic carbocycles. The second-order valence-corrected chi connectivity index (χ2v) is 5.01. The molecule has 1 saturated heterocycles. The van der Waals surface area contributed by atoms with Crippen molar-refractivity contribution in [2.24, 2.45) is 0 Å². The molecule has 0 aromatic heterocycles. The normalized spacial score (nSPS) is 16.1. The number of imide groups is 1. The monoisotopic (exact) mass is 308 g/mol. The molecule has 1 atom stereocenters. The second-order valence-electron chi connectivity index (χ2n) is 5.01. The van der Waals surface area contributed by atoms with Crippen molar-refractivity contribution in [1.29, 1.82) is 0 Å². The minimum atomic E-state index is -0.939. The lowest BCUT2D eigenvalue weighted by Crippen LogP contribution is -2.40. The molecule has 2 rings (SSSR count).